The highest BCUT2D eigenvalue weighted by Crippen LogP contribution is 2.37. The van der Waals surface area contributed by atoms with Gasteiger partial charge in [-0.15, -0.1) is 0 Å². The highest BCUT2D eigenvalue weighted by atomic mass is 19.1. The van der Waals surface area contributed by atoms with Gasteiger partial charge in [-0.25, -0.2) is 4.39 Å². The summed E-state index contributed by atoms with van der Waals surface area (Å²) in [6.45, 7) is 1.92. The van der Waals surface area contributed by atoms with Crippen molar-refractivity contribution in [3.05, 3.63) is 75.2 Å². The second kappa shape index (κ2) is 6.35. The zero-order valence-electron chi connectivity index (χ0n) is 13.3. The molecule has 1 heterocycles. The number of carboxylic acids is 1. The van der Waals surface area contributed by atoms with Gasteiger partial charge in [-0.1, -0.05) is 29.8 Å². The third-order valence-electron chi connectivity index (χ3n) is 4.20. The Kier molecular flexibility index (Phi) is 4.22. The Labute approximate surface area is 142 Å². The highest BCUT2D eigenvalue weighted by molar-refractivity contribution is 5.92. The number of aliphatic carboxylic acids is 1. The molecule has 0 saturated heterocycles. The van der Waals surface area contributed by atoms with Crippen molar-refractivity contribution in [2.45, 2.75) is 19.3 Å². The van der Waals surface area contributed by atoms with Crippen molar-refractivity contribution in [1.29, 1.82) is 0 Å². The van der Waals surface area contributed by atoms with E-state index in [1.165, 1.54) is 12.3 Å². The molecular weight excluding hydrogens is 327 g/mol. The molecule has 1 aromatic heterocycles. The quantitative estimate of drug-likeness (QED) is 0.538. The van der Waals surface area contributed by atoms with Gasteiger partial charge in [0.25, 0.3) is 5.69 Å². The number of aromatic amines is 1. The summed E-state index contributed by atoms with van der Waals surface area (Å²) < 4.78 is 13.9. The molecule has 2 aromatic carbocycles. The maximum atomic E-state index is 13.9. The van der Waals surface area contributed by atoms with Crippen LogP contribution in [-0.4, -0.2) is 21.0 Å². The fraction of sp³-hybridized carbons (Fsp3) is 0.167. The lowest BCUT2D eigenvalue weighted by atomic mass is 9.88. The number of halogens is 1. The Balaban J connectivity index is 2.21. The van der Waals surface area contributed by atoms with Crippen LogP contribution in [0.5, 0.6) is 0 Å². The molecular formula is C18H15FN2O4. The fourth-order valence-electron chi connectivity index (χ4n) is 3.01. The third-order valence-corrected chi connectivity index (χ3v) is 4.20. The largest absolute Gasteiger partial charge is 0.481 e. The minimum absolute atomic E-state index is 0.184. The van der Waals surface area contributed by atoms with Gasteiger partial charge in [0.2, 0.25) is 0 Å². The molecule has 0 saturated carbocycles. The van der Waals surface area contributed by atoms with Crippen molar-refractivity contribution in [3.63, 3.8) is 0 Å². The van der Waals surface area contributed by atoms with Crippen LogP contribution in [0.4, 0.5) is 10.1 Å². The molecule has 0 fully saturated rings. The molecule has 0 spiro atoms. The van der Waals surface area contributed by atoms with Crippen molar-refractivity contribution < 1.29 is 19.2 Å². The van der Waals surface area contributed by atoms with Crippen LogP contribution < -0.4 is 0 Å². The molecule has 0 aliphatic rings. The van der Waals surface area contributed by atoms with E-state index in [-0.39, 0.29) is 17.6 Å². The van der Waals surface area contributed by atoms with Gasteiger partial charge in [0.05, 0.1) is 17.4 Å². The average Bonchev–Trinajstić information content (AvgIpc) is 2.95. The number of carbonyl (C=O) groups is 1. The predicted molar refractivity (Wildman–Crippen MR) is 90.2 cm³/mol. The smallest absolute Gasteiger partial charge is 0.304 e. The van der Waals surface area contributed by atoms with Gasteiger partial charge < -0.3 is 10.1 Å². The Morgan fingerprint density at radius 2 is 2.00 bits per heavy atom. The molecule has 0 aliphatic heterocycles. The lowest BCUT2D eigenvalue weighted by Gasteiger charge is -2.15. The molecule has 1 atom stereocenters. The minimum Gasteiger partial charge on any atom is -0.481 e. The molecule has 3 rings (SSSR count). The van der Waals surface area contributed by atoms with Crippen LogP contribution in [0, 0.1) is 22.9 Å². The van der Waals surface area contributed by atoms with E-state index in [0.29, 0.717) is 10.9 Å². The zero-order chi connectivity index (χ0) is 18.1. The zero-order valence-corrected chi connectivity index (χ0v) is 13.3. The first-order valence-corrected chi connectivity index (χ1v) is 7.60. The number of rotatable bonds is 5. The number of carboxylic acid groups (broad SMARTS) is 1. The molecule has 128 valence electrons. The number of nitrogens with zero attached hydrogens (tertiary/aromatic N) is 1. The van der Waals surface area contributed by atoms with Gasteiger partial charge in [-0.3, -0.25) is 14.9 Å². The van der Waals surface area contributed by atoms with Crippen molar-refractivity contribution >= 4 is 22.6 Å². The first-order chi connectivity index (χ1) is 11.9. The van der Waals surface area contributed by atoms with E-state index < -0.39 is 22.6 Å². The lowest BCUT2D eigenvalue weighted by molar-refractivity contribution is -0.383. The molecule has 1 unspecified atom stereocenters. The molecule has 0 amide bonds. The van der Waals surface area contributed by atoms with Crippen LogP contribution in [0.25, 0.3) is 10.9 Å². The average molecular weight is 342 g/mol. The number of hydrogen-bond acceptors (Lipinski definition) is 3. The SMILES string of the molecule is Cc1ccc(C(CC(=O)O)c2c[nH]c3c([N+](=O)[O-])cc(F)cc23)cc1. The van der Waals surface area contributed by atoms with E-state index in [1.807, 2.05) is 31.2 Å². The number of nitrogens with one attached hydrogen (secondary N) is 1. The van der Waals surface area contributed by atoms with Crippen molar-refractivity contribution in [1.82, 2.24) is 4.98 Å². The molecule has 0 aliphatic carbocycles. The summed E-state index contributed by atoms with van der Waals surface area (Å²) in [7, 11) is 0. The third kappa shape index (κ3) is 3.21. The second-order valence-corrected chi connectivity index (χ2v) is 5.91. The number of nitro benzene ring substituents is 1. The topological polar surface area (TPSA) is 96.2 Å². The van der Waals surface area contributed by atoms with Crippen molar-refractivity contribution in [2.75, 3.05) is 0 Å². The van der Waals surface area contributed by atoms with Crippen LogP contribution in [0.2, 0.25) is 0 Å². The van der Waals surface area contributed by atoms with Gasteiger partial charge in [0, 0.05) is 17.5 Å². The van der Waals surface area contributed by atoms with Gasteiger partial charge in [0.1, 0.15) is 11.3 Å². The Morgan fingerprint density at radius 1 is 1.32 bits per heavy atom. The number of non-ortho nitro benzene ring substituents is 1. The monoisotopic (exact) mass is 342 g/mol. The molecule has 0 radical (unpaired) electrons. The minimum atomic E-state index is -1.01. The normalized spacial score (nSPS) is 12.2. The number of nitro groups is 1. The standard InChI is InChI=1S/C18H15FN2O4/c1-10-2-4-11(5-3-10)13(8-17(22)23)15-9-20-18-14(15)6-12(19)7-16(18)21(24)25/h2-7,9,13,20H,8H2,1H3,(H,22,23). The van der Waals surface area contributed by atoms with E-state index in [4.69, 9.17) is 0 Å². The van der Waals surface area contributed by atoms with Crippen LogP contribution >= 0.6 is 0 Å². The summed E-state index contributed by atoms with van der Waals surface area (Å²) >= 11 is 0. The van der Waals surface area contributed by atoms with Crippen LogP contribution in [0.1, 0.15) is 29.0 Å². The van der Waals surface area contributed by atoms with E-state index in [9.17, 15) is 24.4 Å². The maximum absolute atomic E-state index is 13.9. The maximum Gasteiger partial charge on any atom is 0.304 e. The first kappa shape index (κ1) is 16.6. The predicted octanol–water partition coefficient (Wildman–Crippen LogP) is 4.13. The van der Waals surface area contributed by atoms with Crippen LogP contribution in [0.15, 0.2) is 42.6 Å². The lowest BCUT2D eigenvalue weighted by Crippen LogP contribution is -2.07. The van der Waals surface area contributed by atoms with E-state index in [2.05, 4.69) is 4.98 Å². The van der Waals surface area contributed by atoms with Gasteiger partial charge in [-0.2, -0.15) is 0 Å². The molecule has 7 heteroatoms. The van der Waals surface area contributed by atoms with Gasteiger partial charge in [-0.05, 0) is 24.1 Å². The van der Waals surface area contributed by atoms with Gasteiger partial charge in [0.15, 0.2) is 0 Å². The van der Waals surface area contributed by atoms with E-state index in [1.54, 1.807) is 0 Å². The van der Waals surface area contributed by atoms with E-state index in [0.717, 1.165) is 17.2 Å². The molecule has 3 aromatic rings. The summed E-state index contributed by atoms with van der Waals surface area (Å²) in [4.78, 5) is 24.6. The fourth-order valence-corrected chi connectivity index (χ4v) is 3.01. The highest BCUT2D eigenvalue weighted by Gasteiger charge is 2.25. The first-order valence-electron chi connectivity index (χ1n) is 7.60. The van der Waals surface area contributed by atoms with Crippen LogP contribution in [-0.2, 0) is 4.79 Å². The summed E-state index contributed by atoms with van der Waals surface area (Å²) in [5.74, 6) is -2.29. The number of benzene rings is 2. The Hall–Kier alpha value is -3.22. The molecule has 25 heavy (non-hydrogen) atoms. The molecule has 0 bridgehead atoms. The summed E-state index contributed by atoms with van der Waals surface area (Å²) in [6, 6.07) is 9.40. The number of hydrogen-bond donors (Lipinski definition) is 2. The molecule has 6 nitrogen and oxygen atoms in total. The number of aryl methyl sites for hydroxylation is 1. The molecule has 2 N–H and O–H groups in total. The van der Waals surface area contributed by atoms with E-state index >= 15 is 0 Å². The van der Waals surface area contributed by atoms with Crippen molar-refractivity contribution in [2.24, 2.45) is 0 Å². The van der Waals surface area contributed by atoms with Crippen LogP contribution in [0.3, 0.4) is 0 Å². The van der Waals surface area contributed by atoms with Gasteiger partial charge >= 0.3 is 5.97 Å². The van der Waals surface area contributed by atoms with Crippen molar-refractivity contribution in [3.8, 4) is 0 Å². The summed E-state index contributed by atoms with van der Waals surface area (Å²) in [6.07, 6.45) is 1.31. The Bertz CT molecular complexity index is 963. The number of aromatic nitrogens is 1. The summed E-state index contributed by atoms with van der Waals surface area (Å²) in [5, 5.41) is 20.7. The second-order valence-electron chi connectivity index (χ2n) is 5.91. The Morgan fingerprint density at radius 3 is 2.60 bits per heavy atom. The summed E-state index contributed by atoms with van der Waals surface area (Å²) in [5.41, 5.74) is 2.10. The number of fused-ring (bicyclic) bond motifs is 1. The number of H-pyrrole nitrogens is 1.